The number of ether oxygens (including phenoxy) is 4. The van der Waals surface area contributed by atoms with Crippen molar-refractivity contribution >= 4 is 105 Å². The summed E-state index contributed by atoms with van der Waals surface area (Å²) in [5.74, 6) is 2.14. The normalized spacial score (nSPS) is 11.4. The minimum atomic E-state index is -0.797. The van der Waals surface area contributed by atoms with E-state index in [0.717, 1.165) is 213 Å². The molecule has 23 heteroatoms. The zero-order chi connectivity index (χ0) is 92.7. The summed E-state index contributed by atoms with van der Waals surface area (Å²) in [5.41, 5.74) is 37.1. The molecule has 8 aromatic carbocycles. The molecule has 1 amide bonds. The van der Waals surface area contributed by atoms with Crippen molar-refractivity contribution in [2.24, 2.45) is 5.73 Å². The summed E-state index contributed by atoms with van der Waals surface area (Å²) in [7, 11) is 3.31. The average Bonchev–Trinajstić information content (AvgIpc) is 1.62. The van der Waals surface area contributed by atoms with Crippen LogP contribution in [0.4, 0.5) is 0 Å². The maximum absolute atomic E-state index is 12.4. The number of fused-ring (bicyclic) bond motifs is 16. The number of H-pyrrole nitrogens is 6. The van der Waals surface area contributed by atoms with Gasteiger partial charge in [0.2, 0.25) is 5.91 Å². The van der Waals surface area contributed by atoms with Gasteiger partial charge >= 0.3 is 5.97 Å². The number of aromatic nitrogens is 10. The van der Waals surface area contributed by atoms with Crippen LogP contribution in [0.15, 0.2) is 280 Å². The van der Waals surface area contributed by atoms with Gasteiger partial charge in [-0.25, -0.2) is 19.9 Å². The Hall–Kier alpha value is -18.4. The largest absolute Gasteiger partial charge is 0.497 e. The fourth-order valence-corrected chi connectivity index (χ4v) is 16.8. The molecule has 0 radical (unpaired) electrons. The highest BCUT2D eigenvalue weighted by Gasteiger charge is 2.24. The van der Waals surface area contributed by atoms with Crippen molar-refractivity contribution in [1.29, 1.82) is 21.0 Å². The minimum Gasteiger partial charge on any atom is -0.497 e. The molecule has 0 fully saturated rings. The van der Waals surface area contributed by atoms with Gasteiger partial charge in [-0.3, -0.25) is 9.59 Å². The Morgan fingerprint density at radius 1 is 0.326 bits per heavy atom. The number of nitrogens with one attached hydrogen (secondary N) is 7. The van der Waals surface area contributed by atoms with E-state index in [4.69, 9.17) is 49.7 Å². The Morgan fingerprint density at radius 3 is 0.785 bits per heavy atom. The van der Waals surface area contributed by atoms with Crippen LogP contribution < -0.4 is 30.0 Å². The number of carbonyl (C=O) groups is 2. The molecule has 135 heavy (non-hydrogen) atoms. The highest BCUT2D eigenvalue weighted by molar-refractivity contribution is 6.03. The Morgan fingerprint density at radius 2 is 0.563 bits per heavy atom. The van der Waals surface area contributed by atoms with Crippen molar-refractivity contribution < 1.29 is 33.6 Å². The van der Waals surface area contributed by atoms with Gasteiger partial charge in [-0.05, 0) is 281 Å². The van der Waals surface area contributed by atoms with E-state index in [2.05, 4.69) is 120 Å². The maximum Gasteiger partial charge on any atom is 0.307 e. The molecule has 4 aliphatic rings. The SMILES string of the molecule is COc1ccc(-c2c3nc(c(-c4ccc(C#N)cc4)c4ccc([nH]4)c(-c4ccc(OCCCN)cc4)c4nc(c(-c5ccc(C#N)cc5)c5ccc2[nH]5)C=C4)C=C3)cc1.COc1ccc(-c2c3nc(c(-c4ccc(C#N)cc4)c4ccc([nH]4)c(-c4ccc(OCCCNC(=O)Cc5cc[nH]c5)cc4)c4nc(c(-c5ccc(C#N)cc5)c5ccc2[nH]5)C=C4)C=C3)cc1.O=C(O)Cc1cc[nH]c1. The van der Waals surface area contributed by atoms with Gasteiger partial charge in [-0.1, -0.05) is 97.1 Å². The maximum atomic E-state index is 12.4. The number of carbonyl (C=O) groups excluding carboxylic acids is 1. The molecule has 656 valence electrons. The standard InChI is InChI=1S/C56H42N8O3.C50H37N7O2.C6H7NO2/c1-66-42-15-11-40(12-16-42)55-48-23-19-44(61-48)53(38-7-3-35(32-57)4-8-38)46-21-25-50(63-46)56(41-13-17-43(18-14-41)67-30-2-28-60-52(65)31-37-27-29-59-34-37)51-26-22-47(64-51)54(45-20-24-49(55)62-45)39-9-5-36(33-58)6-10-39;1-58-37-15-11-35(12-16-37)49-43-23-19-39(54-43)47(33-7-3-31(29-52)4-8-33)41-21-25-45(56-41)50(36-13-17-38(18-14-36)59-28-2-27-51)46-26-22-42(57-46)48(40-20-24-44(49)55-40)34-9-5-32(30-53)6-10-34;8-6(9)3-5-1-2-7-4-5/h3-27,29,34,59,61,64H,2,28,30-31H2,1H3,(H,60,65);3-26,54,57H,2,27-28,51H2,1H3;1-2,4,7H,3H2,(H,8,9). The van der Waals surface area contributed by atoms with E-state index in [1.54, 1.807) is 32.7 Å². The number of nitrogens with two attached hydrogens (primary N) is 1. The summed E-state index contributed by atoms with van der Waals surface area (Å²) in [6.45, 7) is 2.05. The van der Waals surface area contributed by atoms with Crippen LogP contribution in [0.2, 0.25) is 0 Å². The number of carboxylic acids is 1. The first-order chi connectivity index (χ1) is 66.2. The third-order valence-electron chi connectivity index (χ3n) is 23.3. The van der Waals surface area contributed by atoms with Crippen LogP contribution in [-0.4, -0.2) is 107 Å². The highest BCUT2D eigenvalue weighted by Crippen LogP contribution is 2.44. The number of hydrogen-bond acceptors (Lipinski definition) is 15. The predicted octanol–water partition coefficient (Wildman–Crippen LogP) is 23.0. The van der Waals surface area contributed by atoms with E-state index in [9.17, 15) is 30.6 Å². The van der Waals surface area contributed by atoms with Crippen LogP contribution in [0.5, 0.6) is 23.0 Å². The summed E-state index contributed by atoms with van der Waals surface area (Å²) in [6, 6.07) is 91.4. The fraction of sp³-hybridized carbons (Fsp3) is 0.0893. The molecule has 12 heterocycles. The molecule has 0 saturated heterocycles. The highest BCUT2D eigenvalue weighted by atomic mass is 16.5. The molecule has 0 unspecified atom stereocenters. The molecule has 8 aromatic heterocycles. The van der Waals surface area contributed by atoms with Crippen molar-refractivity contribution in [2.45, 2.75) is 25.7 Å². The predicted molar refractivity (Wildman–Crippen MR) is 532 cm³/mol. The number of amides is 1. The topological polar surface area (TPSA) is 371 Å². The van der Waals surface area contributed by atoms with E-state index in [1.165, 1.54) is 0 Å². The Labute approximate surface area is 776 Å². The third kappa shape index (κ3) is 19.5. The van der Waals surface area contributed by atoms with Gasteiger partial charge in [0.1, 0.15) is 23.0 Å². The zero-order valence-corrected chi connectivity index (χ0v) is 73.4. The number of aromatic amines is 6. The second-order valence-corrected chi connectivity index (χ2v) is 32.0. The summed E-state index contributed by atoms with van der Waals surface area (Å²) < 4.78 is 23.1. The quantitative estimate of drug-likeness (QED) is 0.0269. The third-order valence-corrected chi connectivity index (χ3v) is 23.3. The Balaban J connectivity index is 0.000000166. The molecule has 0 aliphatic carbocycles. The minimum absolute atomic E-state index is 0.0268. The Kier molecular flexibility index (Phi) is 25.9. The average molecular weight is 1770 g/mol. The summed E-state index contributed by atoms with van der Waals surface area (Å²) in [5, 5.41) is 49.9. The molecule has 23 nitrogen and oxygen atoms in total. The van der Waals surface area contributed by atoms with Crippen molar-refractivity contribution in [2.75, 3.05) is 40.5 Å². The van der Waals surface area contributed by atoms with Crippen LogP contribution in [0.1, 0.15) is 91.8 Å². The van der Waals surface area contributed by atoms with E-state index in [1.807, 2.05) is 249 Å². The second kappa shape index (κ2) is 40.1. The summed E-state index contributed by atoms with van der Waals surface area (Å²) in [4.78, 5) is 64.6. The lowest BCUT2D eigenvalue weighted by Crippen LogP contribution is -2.26. The second-order valence-electron chi connectivity index (χ2n) is 32.0. The molecule has 0 spiro atoms. The van der Waals surface area contributed by atoms with E-state index < -0.39 is 5.97 Å². The van der Waals surface area contributed by atoms with Gasteiger partial charge in [0.05, 0.1) is 132 Å². The fourth-order valence-electron chi connectivity index (χ4n) is 16.8. The first kappa shape index (κ1) is 87.3. The van der Waals surface area contributed by atoms with Crippen molar-refractivity contribution in [3.63, 3.8) is 0 Å². The lowest BCUT2D eigenvalue weighted by Gasteiger charge is -2.09. The van der Waals surface area contributed by atoms with Gasteiger partial charge in [-0.15, -0.1) is 0 Å². The molecule has 10 N–H and O–H groups in total. The molecular weight excluding hydrogens is 1680 g/mol. The van der Waals surface area contributed by atoms with Gasteiger partial charge < -0.3 is 65.0 Å². The number of benzene rings is 8. The zero-order valence-electron chi connectivity index (χ0n) is 73.4. The van der Waals surface area contributed by atoms with Crippen LogP contribution in [0.3, 0.4) is 0 Å². The smallest absolute Gasteiger partial charge is 0.307 e. The number of nitriles is 4. The molecule has 4 aliphatic heterocycles. The number of rotatable bonds is 23. The first-order valence-corrected chi connectivity index (χ1v) is 43.8. The van der Waals surface area contributed by atoms with Crippen LogP contribution in [-0.2, 0) is 22.4 Å². The lowest BCUT2D eigenvalue weighted by molar-refractivity contribution is -0.136. The first-order valence-electron chi connectivity index (χ1n) is 43.8. The molecule has 16 bridgehead atoms. The summed E-state index contributed by atoms with van der Waals surface area (Å²) in [6.07, 6.45) is 25.2. The number of carboxylic acid groups (broad SMARTS) is 1. The molecule has 0 saturated carbocycles. The molecular formula is C112H86N16O7. The van der Waals surface area contributed by atoms with Crippen molar-refractivity contribution in [1.82, 2.24) is 55.2 Å². The molecule has 20 rings (SSSR count). The Bertz CT molecular complexity index is 7720. The number of aliphatic carboxylic acids is 1. The van der Waals surface area contributed by atoms with Crippen molar-refractivity contribution in [3.05, 3.63) is 359 Å². The van der Waals surface area contributed by atoms with E-state index in [0.29, 0.717) is 67.1 Å². The number of nitrogens with zero attached hydrogens (tertiary/aromatic N) is 8. The van der Waals surface area contributed by atoms with Gasteiger partial charge in [0.15, 0.2) is 0 Å². The number of hydrogen-bond donors (Lipinski definition) is 9. The van der Waals surface area contributed by atoms with Gasteiger partial charge in [0.25, 0.3) is 0 Å². The van der Waals surface area contributed by atoms with Crippen LogP contribution in [0, 0.1) is 45.3 Å². The molecule has 0 atom stereocenters. The number of methoxy groups -OCH3 is 2. The monoisotopic (exact) mass is 1770 g/mol. The lowest BCUT2D eigenvalue weighted by atomic mass is 10.0. The van der Waals surface area contributed by atoms with E-state index in [-0.39, 0.29) is 12.3 Å². The van der Waals surface area contributed by atoms with Crippen LogP contribution in [0.25, 0.3) is 182 Å². The van der Waals surface area contributed by atoms with Crippen molar-refractivity contribution in [3.8, 4) is 136 Å². The van der Waals surface area contributed by atoms with Gasteiger partial charge in [0, 0.05) is 120 Å². The summed E-state index contributed by atoms with van der Waals surface area (Å²) >= 11 is 0. The molecule has 16 aromatic rings. The van der Waals surface area contributed by atoms with Gasteiger partial charge in [-0.2, -0.15) is 21.0 Å². The van der Waals surface area contributed by atoms with E-state index >= 15 is 0 Å². The van der Waals surface area contributed by atoms with Crippen LogP contribution >= 0.6 is 0 Å².